The molecule has 2 atom stereocenters. The molecule has 1 aromatic carbocycles. The van der Waals surface area contributed by atoms with Gasteiger partial charge in [0.15, 0.2) is 0 Å². The highest BCUT2D eigenvalue weighted by Gasteiger charge is 2.26. The van der Waals surface area contributed by atoms with E-state index in [9.17, 15) is 0 Å². The second-order valence-corrected chi connectivity index (χ2v) is 6.21. The van der Waals surface area contributed by atoms with Gasteiger partial charge in [0.25, 0.3) is 0 Å². The number of nitrogens with one attached hydrogen (secondary N) is 1. The van der Waals surface area contributed by atoms with Crippen molar-refractivity contribution in [3.63, 3.8) is 0 Å². The van der Waals surface area contributed by atoms with E-state index in [0.29, 0.717) is 11.3 Å². The molecule has 1 aromatic heterocycles. The maximum atomic E-state index is 6.00. The van der Waals surface area contributed by atoms with Crippen LogP contribution in [0, 0.1) is 0 Å². The van der Waals surface area contributed by atoms with E-state index in [4.69, 9.17) is 4.42 Å². The van der Waals surface area contributed by atoms with Crippen molar-refractivity contribution in [2.24, 2.45) is 0 Å². The minimum atomic E-state index is 0.336. The zero-order valence-corrected chi connectivity index (χ0v) is 11.5. The molecule has 3 heteroatoms. The highest BCUT2D eigenvalue weighted by Crippen LogP contribution is 2.36. The topological polar surface area (TPSA) is 25.2 Å². The van der Waals surface area contributed by atoms with Gasteiger partial charge < -0.3 is 9.73 Å². The molecule has 0 bridgehead atoms. The number of fused-ring (bicyclic) bond motifs is 1. The number of hydrogen-bond acceptors (Lipinski definition) is 3. The molecule has 18 heavy (non-hydrogen) atoms. The number of rotatable bonds is 3. The van der Waals surface area contributed by atoms with Crippen LogP contribution in [0.3, 0.4) is 0 Å². The number of hydrogen-bond donors (Lipinski definition) is 1. The molecule has 0 radical (unpaired) electrons. The monoisotopic (exact) mass is 261 g/mol. The molecule has 1 fully saturated rings. The second kappa shape index (κ2) is 5.37. The van der Waals surface area contributed by atoms with E-state index in [0.717, 1.165) is 11.3 Å². The Hall–Kier alpha value is -0.930. The van der Waals surface area contributed by atoms with Crippen LogP contribution in [-0.2, 0) is 0 Å². The molecule has 2 heterocycles. The quantitative estimate of drug-likeness (QED) is 0.904. The Morgan fingerprint density at radius 1 is 1.33 bits per heavy atom. The van der Waals surface area contributed by atoms with Gasteiger partial charge in [-0.1, -0.05) is 24.6 Å². The normalized spacial score (nSPS) is 22.2. The molecule has 3 rings (SSSR count). The molecule has 2 nitrogen and oxygen atoms in total. The van der Waals surface area contributed by atoms with Crippen LogP contribution < -0.4 is 5.32 Å². The van der Waals surface area contributed by atoms with E-state index in [1.54, 1.807) is 0 Å². The molecular weight excluding hydrogens is 242 g/mol. The first-order chi connectivity index (χ1) is 8.88. The number of benzene rings is 1. The summed E-state index contributed by atoms with van der Waals surface area (Å²) in [4.78, 5) is 0. The van der Waals surface area contributed by atoms with Crippen LogP contribution in [0.1, 0.15) is 31.1 Å². The van der Waals surface area contributed by atoms with Gasteiger partial charge in [-0.2, -0.15) is 11.8 Å². The smallest absolute Gasteiger partial charge is 0.134 e. The summed E-state index contributed by atoms with van der Waals surface area (Å²) >= 11 is 2.08. The third-order valence-electron chi connectivity index (χ3n) is 3.65. The van der Waals surface area contributed by atoms with Crippen molar-refractivity contribution in [2.75, 3.05) is 12.8 Å². The summed E-state index contributed by atoms with van der Waals surface area (Å²) in [7, 11) is 2.03. The lowest BCUT2D eigenvalue weighted by molar-refractivity contribution is 0.424. The Labute approximate surface area is 112 Å². The van der Waals surface area contributed by atoms with E-state index < -0.39 is 0 Å². The molecule has 1 aliphatic heterocycles. The van der Waals surface area contributed by atoms with Crippen LogP contribution in [0.4, 0.5) is 0 Å². The van der Waals surface area contributed by atoms with Crippen molar-refractivity contribution >= 4 is 22.7 Å². The first kappa shape index (κ1) is 12.1. The molecule has 96 valence electrons. The van der Waals surface area contributed by atoms with Gasteiger partial charge in [-0.25, -0.2) is 0 Å². The highest BCUT2D eigenvalue weighted by atomic mass is 32.2. The van der Waals surface area contributed by atoms with E-state index >= 15 is 0 Å². The van der Waals surface area contributed by atoms with Crippen LogP contribution in [0.25, 0.3) is 11.0 Å². The molecule has 0 aliphatic carbocycles. The van der Waals surface area contributed by atoms with E-state index in [-0.39, 0.29) is 0 Å². The van der Waals surface area contributed by atoms with Crippen LogP contribution in [0.15, 0.2) is 34.7 Å². The van der Waals surface area contributed by atoms with Gasteiger partial charge in [0.2, 0.25) is 0 Å². The van der Waals surface area contributed by atoms with Gasteiger partial charge in [-0.3, -0.25) is 0 Å². The fraction of sp³-hybridized carbons (Fsp3) is 0.467. The van der Waals surface area contributed by atoms with Gasteiger partial charge in [0, 0.05) is 10.6 Å². The summed E-state index contributed by atoms with van der Waals surface area (Å²) in [5.74, 6) is 2.36. The Morgan fingerprint density at radius 2 is 2.22 bits per heavy atom. The maximum Gasteiger partial charge on any atom is 0.134 e. The van der Waals surface area contributed by atoms with Crippen molar-refractivity contribution in [1.82, 2.24) is 5.32 Å². The van der Waals surface area contributed by atoms with Crippen molar-refractivity contribution < 1.29 is 4.42 Å². The lowest BCUT2D eigenvalue weighted by Gasteiger charge is -2.28. The number of thioether (sulfide) groups is 1. The molecule has 2 aromatic rings. The lowest BCUT2D eigenvalue weighted by Crippen LogP contribution is -2.28. The average Bonchev–Trinajstić information content (AvgIpc) is 2.84. The van der Waals surface area contributed by atoms with Crippen LogP contribution >= 0.6 is 11.8 Å². The van der Waals surface area contributed by atoms with Crippen LogP contribution in [0.2, 0.25) is 0 Å². The molecule has 1 aliphatic rings. The summed E-state index contributed by atoms with van der Waals surface area (Å²) < 4.78 is 6.00. The van der Waals surface area contributed by atoms with Gasteiger partial charge >= 0.3 is 0 Å². The Morgan fingerprint density at radius 3 is 2.94 bits per heavy atom. The Balaban J connectivity index is 1.90. The van der Waals surface area contributed by atoms with Crippen LogP contribution in [-0.4, -0.2) is 18.1 Å². The molecule has 0 amide bonds. The summed E-state index contributed by atoms with van der Waals surface area (Å²) in [5, 5.41) is 5.28. The van der Waals surface area contributed by atoms with Crippen molar-refractivity contribution in [2.45, 2.75) is 30.6 Å². The zero-order valence-electron chi connectivity index (χ0n) is 10.7. The summed E-state index contributed by atoms with van der Waals surface area (Å²) in [6.07, 6.45) is 3.99. The lowest BCUT2D eigenvalue weighted by atomic mass is 10.0. The fourth-order valence-corrected chi connectivity index (χ4v) is 4.17. The summed E-state index contributed by atoms with van der Waals surface area (Å²) in [5.41, 5.74) is 0.994. The van der Waals surface area contributed by atoms with Gasteiger partial charge in [-0.15, -0.1) is 0 Å². The van der Waals surface area contributed by atoms with Gasteiger partial charge in [0.1, 0.15) is 11.3 Å². The molecule has 0 saturated carbocycles. The summed E-state index contributed by atoms with van der Waals surface area (Å²) in [6, 6.07) is 10.8. The minimum Gasteiger partial charge on any atom is -0.459 e. The SMILES string of the molecule is CNC(c1cc2ccccc2o1)C1CCCCS1. The molecule has 0 spiro atoms. The number of furan rings is 1. The second-order valence-electron chi connectivity index (χ2n) is 4.86. The zero-order chi connectivity index (χ0) is 12.4. The Kier molecular flexibility index (Phi) is 3.62. The molecule has 2 unspecified atom stereocenters. The van der Waals surface area contributed by atoms with Crippen molar-refractivity contribution in [3.05, 3.63) is 36.1 Å². The van der Waals surface area contributed by atoms with E-state index in [2.05, 4.69) is 35.3 Å². The van der Waals surface area contributed by atoms with E-state index in [1.807, 2.05) is 19.2 Å². The molecule has 1 N–H and O–H groups in total. The largest absolute Gasteiger partial charge is 0.459 e. The maximum absolute atomic E-state index is 6.00. The van der Waals surface area contributed by atoms with Gasteiger partial charge in [0.05, 0.1) is 6.04 Å². The predicted octanol–water partition coefficient (Wildman–Crippen LogP) is 3.98. The first-order valence-corrected chi connectivity index (χ1v) is 7.71. The molecule has 1 saturated heterocycles. The predicted molar refractivity (Wildman–Crippen MR) is 78.1 cm³/mol. The first-order valence-electron chi connectivity index (χ1n) is 6.66. The third kappa shape index (κ3) is 2.29. The highest BCUT2D eigenvalue weighted by molar-refractivity contribution is 8.00. The van der Waals surface area contributed by atoms with Crippen molar-refractivity contribution in [1.29, 1.82) is 0 Å². The van der Waals surface area contributed by atoms with Crippen LogP contribution in [0.5, 0.6) is 0 Å². The van der Waals surface area contributed by atoms with E-state index in [1.165, 1.54) is 30.4 Å². The standard InChI is InChI=1S/C15H19NOS/c1-16-15(14-8-4-5-9-18-14)13-10-11-6-2-3-7-12(11)17-13/h2-3,6-7,10,14-16H,4-5,8-9H2,1H3. The molecular formula is C15H19NOS. The summed E-state index contributed by atoms with van der Waals surface area (Å²) in [6.45, 7) is 0. The minimum absolute atomic E-state index is 0.336. The van der Waals surface area contributed by atoms with Crippen molar-refractivity contribution in [3.8, 4) is 0 Å². The van der Waals surface area contributed by atoms with Gasteiger partial charge in [-0.05, 0) is 37.8 Å². The number of para-hydroxylation sites is 1. The fourth-order valence-electron chi connectivity index (χ4n) is 2.70. The average molecular weight is 261 g/mol. The Bertz CT molecular complexity index is 483. The third-order valence-corrected chi connectivity index (χ3v) is 5.11.